The van der Waals surface area contributed by atoms with E-state index in [1.54, 1.807) is 55.5 Å². The zero-order chi connectivity index (χ0) is 18.9. The molecule has 3 rings (SSSR count). The fraction of sp³-hybridized carbons (Fsp3) is 0.158. The van der Waals surface area contributed by atoms with E-state index in [0.29, 0.717) is 27.8 Å². The van der Waals surface area contributed by atoms with E-state index in [1.165, 1.54) is 11.5 Å². The van der Waals surface area contributed by atoms with Crippen molar-refractivity contribution in [3.05, 3.63) is 65.9 Å². The number of para-hydroxylation sites is 1. The first kappa shape index (κ1) is 17.9. The molecule has 7 heteroatoms. The van der Waals surface area contributed by atoms with Crippen LogP contribution in [-0.2, 0) is 14.8 Å². The van der Waals surface area contributed by atoms with Crippen molar-refractivity contribution in [2.75, 3.05) is 10.5 Å². The van der Waals surface area contributed by atoms with Crippen LogP contribution in [0, 0.1) is 6.92 Å². The first-order valence-corrected chi connectivity index (χ1v) is 9.65. The molecule has 0 amide bonds. The summed E-state index contributed by atoms with van der Waals surface area (Å²) in [5.41, 5.74) is 1.87. The van der Waals surface area contributed by atoms with Crippen LogP contribution in [0.25, 0.3) is 10.9 Å². The molecule has 0 aliphatic carbocycles. The maximum absolute atomic E-state index is 13.0. The number of nitrogens with zero attached hydrogens (tertiary/aromatic N) is 1. The van der Waals surface area contributed by atoms with Crippen molar-refractivity contribution in [2.45, 2.75) is 13.8 Å². The normalized spacial score (nSPS) is 11.5. The maximum atomic E-state index is 13.0. The Morgan fingerprint density at radius 2 is 1.62 bits per heavy atom. The quantitative estimate of drug-likeness (QED) is 0.748. The summed E-state index contributed by atoms with van der Waals surface area (Å²) in [6.45, 7) is 2.89. The molecule has 134 valence electrons. The van der Waals surface area contributed by atoms with Gasteiger partial charge in [0.25, 0.3) is 5.91 Å². The highest BCUT2D eigenvalue weighted by molar-refractivity contribution is 7.93. The SMILES string of the molecule is CC(=O)CS(=O)(=O)Nc1c(C)n(C(=O)c2ccccc2)c2ccccc12. The molecule has 0 unspecified atom stereocenters. The lowest BCUT2D eigenvalue weighted by atomic mass is 10.2. The summed E-state index contributed by atoms with van der Waals surface area (Å²) >= 11 is 0. The van der Waals surface area contributed by atoms with E-state index in [2.05, 4.69) is 4.72 Å². The monoisotopic (exact) mass is 370 g/mol. The van der Waals surface area contributed by atoms with E-state index in [4.69, 9.17) is 0 Å². The summed E-state index contributed by atoms with van der Waals surface area (Å²) < 4.78 is 28.4. The molecule has 0 aliphatic heterocycles. The third-order valence-electron chi connectivity index (χ3n) is 3.99. The second-order valence-electron chi connectivity index (χ2n) is 6.05. The fourth-order valence-electron chi connectivity index (χ4n) is 2.93. The Hall–Kier alpha value is -2.93. The number of carbonyl (C=O) groups excluding carboxylic acids is 2. The third kappa shape index (κ3) is 3.39. The highest BCUT2D eigenvalue weighted by atomic mass is 32.2. The number of aromatic nitrogens is 1. The Morgan fingerprint density at radius 1 is 1.00 bits per heavy atom. The number of carbonyl (C=O) groups is 2. The molecule has 1 N–H and O–H groups in total. The Morgan fingerprint density at radius 3 is 2.27 bits per heavy atom. The van der Waals surface area contributed by atoms with Crippen LogP contribution in [0.1, 0.15) is 23.0 Å². The standard InChI is InChI=1S/C19H18N2O4S/c1-13(22)12-26(24,25)20-18-14(2)21(17-11-7-6-10-16(17)18)19(23)15-8-4-3-5-9-15/h3-11,20H,12H2,1-2H3. The molecular weight excluding hydrogens is 352 g/mol. The summed E-state index contributed by atoms with van der Waals surface area (Å²) in [4.78, 5) is 24.2. The summed E-state index contributed by atoms with van der Waals surface area (Å²) in [6, 6.07) is 15.8. The molecule has 0 saturated heterocycles. The maximum Gasteiger partial charge on any atom is 0.262 e. The number of Topliss-reactive ketones (excluding diaryl/α,β-unsaturated/α-hetero) is 1. The van der Waals surface area contributed by atoms with Crippen LogP contribution in [0.3, 0.4) is 0 Å². The number of nitrogens with one attached hydrogen (secondary N) is 1. The van der Waals surface area contributed by atoms with Gasteiger partial charge in [-0.25, -0.2) is 8.42 Å². The number of ketones is 1. The van der Waals surface area contributed by atoms with Gasteiger partial charge in [-0.15, -0.1) is 0 Å². The van der Waals surface area contributed by atoms with Crippen LogP contribution >= 0.6 is 0 Å². The van der Waals surface area contributed by atoms with Crippen molar-refractivity contribution in [2.24, 2.45) is 0 Å². The van der Waals surface area contributed by atoms with Crippen molar-refractivity contribution in [3.8, 4) is 0 Å². The molecule has 0 saturated carbocycles. The van der Waals surface area contributed by atoms with Crippen LogP contribution in [0.2, 0.25) is 0 Å². The fourth-order valence-corrected chi connectivity index (χ4v) is 4.10. The second-order valence-corrected chi connectivity index (χ2v) is 7.77. The van der Waals surface area contributed by atoms with Crippen molar-refractivity contribution in [1.82, 2.24) is 4.57 Å². The van der Waals surface area contributed by atoms with Crippen molar-refractivity contribution >= 4 is 38.3 Å². The molecule has 6 nitrogen and oxygen atoms in total. The third-order valence-corrected chi connectivity index (χ3v) is 5.29. The van der Waals surface area contributed by atoms with E-state index in [-0.39, 0.29) is 5.91 Å². The van der Waals surface area contributed by atoms with E-state index in [1.807, 2.05) is 6.07 Å². The molecule has 1 aromatic heterocycles. The molecule has 3 aromatic rings. The van der Waals surface area contributed by atoms with Gasteiger partial charge >= 0.3 is 0 Å². The highest BCUT2D eigenvalue weighted by Crippen LogP contribution is 2.32. The van der Waals surface area contributed by atoms with E-state index >= 15 is 0 Å². The van der Waals surface area contributed by atoms with Gasteiger partial charge in [-0.3, -0.25) is 18.9 Å². The van der Waals surface area contributed by atoms with E-state index < -0.39 is 21.6 Å². The highest BCUT2D eigenvalue weighted by Gasteiger charge is 2.23. The zero-order valence-electron chi connectivity index (χ0n) is 14.4. The smallest absolute Gasteiger partial charge is 0.262 e. The van der Waals surface area contributed by atoms with Crippen LogP contribution in [0.5, 0.6) is 0 Å². The van der Waals surface area contributed by atoms with Gasteiger partial charge in [-0.2, -0.15) is 0 Å². The number of hydrogen-bond donors (Lipinski definition) is 1. The summed E-state index contributed by atoms with van der Waals surface area (Å²) in [7, 11) is -3.85. The molecule has 0 atom stereocenters. The Kier molecular flexibility index (Phi) is 4.65. The van der Waals surface area contributed by atoms with Crippen molar-refractivity contribution in [1.29, 1.82) is 0 Å². The lowest BCUT2D eigenvalue weighted by Crippen LogP contribution is -2.22. The molecule has 2 aromatic carbocycles. The number of benzene rings is 2. The van der Waals surface area contributed by atoms with E-state index in [0.717, 1.165) is 0 Å². The Labute approximate surface area is 151 Å². The number of anilines is 1. The molecule has 0 radical (unpaired) electrons. The average molecular weight is 370 g/mol. The van der Waals surface area contributed by atoms with Gasteiger partial charge in [0.15, 0.2) is 0 Å². The van der Waals surface area contributed by atoms with Crippen LogP contribution in [-0.4, -0.2) is 30.4 Å². The first-order chi connectivity index (χ1) is 12.3. The Bertz CT molecular complexity index is 1100. The van der Waals surface area contributed by atoms with Crippen LogP contribution < -0.4 is 4.72 Å². The molecule has 1 heterocycles. The largest absolute Gasteiger partial charge is 0.299 e. The second kappa shape index (κ2) is 6.76. The van der Waals surface area contributed by atoms with E-state index in [9.17, 15) is 18.0 Å². The molecular formula is C19H18N2O4S. The average Bonchev–Trinajstić information content (AvgIpc) is 2.86. The molecule has 0 bridgehead atoms. The Balaban J connectivity index is 2.16. The molecule has 26 heavy (non-hydrogen) atoms. The summed E-state index contributed by atoms with van der Waals surface area (Å²) in [5.74, 6) is -1.32. The topological polar surface area (TPSA) is 85.2 Å². The minimum Gasteiger partial charge on any atom is -0.299 e. The van der Waals surface area contributed by atoms with Gasteiger partial charge in [0, 0.05) is 16.6 Å². The van der Waals surface area contributed by atoms with Gasteiger partial charge < -0.3 is 0 Å². The first-order valence-electron chi connectivity index (χ1n) is 8.00. The number of rotatable bonds is 5. The van der Waals surface area contributed by atoms with Gasteiger partial charge in [-0.1, -0.05) is 36.4 Å². The predicted octanol–water partition coefficient (Wildman–Crippen LogP) is 2.97. The van der Waals surface area contributed by atoms with Crippen LogP contribution in [0.15, 0.2) is 54.6 Å². The predicted molar refractivity (Wildman–Crippen MR) is 101 cm³/mol. The van der Waals surface area contributed by atoms with Gasteiger partial charge in [0.05, 0.1) is 11.2 Å². The van der Waals surface area contributed by atoms with Gasteiger partial charge in [-0.05, 0) is 32.0 Å². The van der Waals surface area contributed by atoms with Gasteiger partial charge in [0.1, 0.15) is 11.5 Å². The van der Waals surface area contributed by atoms with Crippen LogP contribution in [0.4, 0.5) is 5.69 Å². The molecule has 0 spiro atoms. The minimum absolute atomic E-state index is 0.253. The number of fused-ring (bicyclic) bond motifs is 1. The molecule has 0 aliphatic rings. The lowest BCUT2D eigenvalue weighted by molar-refractivity contribution is -0.114. The zero-order valence-corrected chi connectivity index (χ0v) is 15.2. The summed E-state index contributed by atoms with van der Waals surface area (Å²) in [6.07, 6.45) is 0. The van der Waals surface area contributed by atoms with Crippen molar-refractivity contribution < 1.29 is 18.0 Å². The lowest BCUT2D eigenvalue weighted by Gasteiger charge is -2.09. The van der Waals surface area contributed by atoms with Gasteiger partial charge in [0.2, 0.25) is 10.0 Å². The number of hydrogen-bond acceptors (Lipinski definition) is 4. The number of sulfonamides is 1. The molecule has 0 fully saturated rings. The minimum atomic E-state index is -3.85. The summed E-state index contributed by atoms with van der Waals surface area (Å²) in [5, 5.41) is 0.599. The van der Waals surface area contributed by atoms with Crippen molar-refractivity contribution in [3.63, 3.8) is 0 Å².